The number of rotatable bonds is 13. The average Bonchev–Trinajstić information content (AvgIpc) is 3.93. The van der Waals surface area contributed by atoms with Gasteiger partial charge in [-0.3, -0.25) is 9.58 Å². The lowest BCUT2D eigenvalue weighted by atomic mass is 9.78. The number of benzene rings is 3. The SMILES string of the molecule is CN1CCN(CCOc2ccc3c(c2Cl)c2ccoc2c2sc4ncnc(OC(C(=O)O)C(C)(C)c5ccccc5OCc5ccnn5CC(F)(F)F)c4c32)CC1. The number of hydrogen-bond acceptors (Lipinski definition) is 11. The molecule has 57 heavy (non-hydrogen) atoms. The molecule has 1 unspecified atom stereocenters. The normalized spacial score (nSPS) is 15.2. The number of halogens is 4. The first-order valence-corrected chi connectivity index (χ1v) is 19.4. The summed E-state index contributed by atoms with van der Waals surface area (Å²) in [6.07, 6.45) is -1.81. The van der Waals surface area contributed by atoms with Gasteiger partial charge in [0.05, 0.1) is 27.1 Å². The number of carboxylic acids is 1. The van der Waals surface area contributed by atoms with Gasteiger partial charge in [-0.1, -0.05) is 43.6 Å². The molecule has 3 aromatic carbocycles. The molecule has 0 bridgehead atoms. The number of aliphatic carboxylic acids is 1. The van der Waals surface area contributed by atoms with Crippen molar-refractivity contribution in [2.75, 3.05) is 46.4 Å². The molecule has 0 spiro atoms. The van der Waals surface area contributed by atoms with Crippen molar-refractivity contribution < 1.29 is 41.7 Å². The van der Waals surface area contributed by atoms with Crippen LogP contribution in [-0.2, 0) is 23.4 Å². The van der Waals surface area contributed by atoms with Crippen LogP contribution in [0, 0.1) is 0 Å². The van der Waals surface area contributed by atoms with Gasteiger partial charge < -0.3 is 28.6 Å². The molecule has 0 saturated carbocycles. The molecule has 0 amide bonds. The van der Waals surface area contributed by atoms with Crippen LogP contribution < -0.4 is 14.2 Å². The Labute approximate surface area is 333 Å². The topological polar surface area (TPSA) is 128 Å². The highest BCUT2D eigenvalue weighted by Gasteiger charge is 2.42. The predicted molar refractivity (Wildman–Crippen MR) is 211 cm³/mol. The fraction of sp³-hybridized carbons (Fsp3) is 0.350. The fourth-order valence-corrected chi connectivity index (χ4v) is 8.89. The van der Waals surface area contributed by atoms with Crippen LogP contribution in [0.25, 0.3) is 42.0 Å². The maximum absolute atomic E-state index is 13.2. The summed E-state index contributed by atoms with van der Waals surface area (Å²) in [4.78, 5) is 27.4. The van der Waals surface area contributed by atoms with E-state index in [9.17, 15) is 23.1 Å². The highest BCUT2D eigenvalue weighted by atomic mass is 35.5. The molecule has 17 heteroatoms. The molecule has 1 saturated heterocycles. The molecule has 5 heterocycles. The van der Waals surface area contributed by atoms with Gasteiger partial charge in [-0.25, -0.2) is 14.8 Å². The van der Waals surface area contributed by atoms with Crippen molar-refractivity contribution >= 4 is 71.0 Å². The van der Waals surface area contributed by atoms with Crippen molar-refractivity contribution in [3.05, 3.63) is 83.6 Å². The van der Waals surface area contributed by atoms with Crippen LogP contribution in [0.1, 0.15) is 25.1 Å². The third-order valence-corrected chi connectivity index (χ3v) is 11.9. The van der Waals surface area contributed by atoms with Crippen molar-refractivity contribution in [3.8, 4) is 17.4 Å². The first kappa shape index (κ1) is 38.7. The Morgan fingerprint density at radius 1 is 0.982 bits per heavy atom. The number of furan rings is 1. The monoisotopic (exact) mass is 822 g/mol. The molecular formula is C40H38ClF3N6O6S. The lowest BCUT2D eigenvalue weighted by molar-refractivity contribution is -0.148. The summed E-state index contributed by atoms with van der Waals surface area (Å²) < 4.78 is 65.8. The molecule has 298 valence electrons. The van der Waals surface area contributed by atoms with Gasteiger partial charge in [-0.2, -0.15) is 18.3 Å². The van der Waals surface area contributed by atoms with Crippen LogP contribution in [0.4, 0.5) is 13.2 Å². The minimum atomic E-state index is -4.47. The minimum Gasteiger partial charge on any atom is -0.491 e. The van der Waals surface area contributed by atoms with Crippen molar-refractivity contribution in [3.63, 3.8) is 0 Å². The van der Waals surface area contributed by atoms with Crippen LogP contribution in [0.3, 0.4) is 0 Å². The predicted octanol–water partition coefficient (Wildman–Crippen LogP) is 8.17. The van der Waals surface area contributed by atoms with Crippen molar-refractivity contribution in [2.24, 2.45) is 0 Å². The highest BCUT2D eigenvalue weighted by Crippen LogP contribution is 2.49. The van der Waals surface area contributed by atoms with Gasteiger partial charge in [0.2, 0.25) is 12.0 Å². The molecule has 8 rings (SSSR count). The fourth-order valence-electron chi connectivity index (χ4n) is 7.42. The number of para-hydroxylation sites is 1. The van der Waals surface area contributed by atoms with E-state index in [4.69, 9.17) is 30.2 Å². The number of piperazine rings is 1. The van der Waals surface area contributed by atoms with E-state index in [1.165, 1.54) is 29.9 Å². The standard InChI is InChI=1S/C40H38ClF3N6O6S/c1-39(2,26-6-4-5-7-27(26)55-20-23-10-12-47-50(23)21-40(42,43)44)35(38(51)52)56-36-31-30-24-8-9-28(53-19-17-49-15-13-48(3)14-16-49)32(41)29(24)25-11-18-54-33(25)34(30)57-37(31)46-22-45-36/h4-12,18,22,35H,13-17,19-21H2,1-3H3,(H,51,52). The number of ether oxygens (including phenoxy) is 3. The van der Waals surface area contributed by atoms with Crippen LogP contribution in [0.15, 0.2) is 71.7 Å². The summed E-state index contributed by atoms with van der Waals surface area (Å²) >= 11 is 8.51. The van der Waals surface area contributed by atoms with Crippen LogP contribution >= 0.6 is 22.9 Å². The van der Waals surface area contributed by atoms with E-state index < -0.39 is 30.2 Å². The Hall–Kier alpha value is -5.16. The Morgan fingerprint density at radius 3 is 2.54 bits per heavy atom. The summed E-state index contributed by atoms with van der Waals surface area (Å²) in [7, 11) is 2.12. The molecule has 1 aliphatic rings. The number of likely N-dealkylation sites (N-methyl/N-ethyl adjacent to an activating group) is 1. The lowest BCUT2D eigenvalue weighted by Crippen LogP contribution is -2.45. The van der Waals surface area contributed by atoms with Crippen LogP contribution in [0.5, 0.6) is 17.4 Å². The summed E-state index contributed by atoms with van der Waals surface area (Å²) in [5, 5.41) is 18.4. The Bertz CT molecular complexity index is 2600. The van der Waals surface area contributed by atoms with Gasteiger partial charge in [0.1, 0.15) is 42.4 Å². The number of fused-ring (bicyclic) bond motifs is 8. The molecule has 12 nitrogen and oxygen atoms in total. The Kier molecular flexibility index (Phi) is 10.4. The van der Waals surface area contributed by atoms with Crippen LogP contribution in [0.2, 0.25) is 5.02 Å². The Morgan fingerprint density at radius 2 is 1.77 bits per heavy atom. The van der Waals surface area contributed by atoms with Crippen molar-refractivity contribution in [1.82, 2.24) is 29.5 Å². The number of carbonyl (C=O) groups is 1. The largest absolute Gasteiger partial charge is 0.491 e. The first-order chi connectivity index (χ1) is 27.3. The third kappa shape index (κ3) is 7.54. The smallest absolute Gasteiger partial charge is 0.408 e. The number of aromatic nitrogens is 4. The maximum atomic E-state index is 13.2. The van der Waals surface area contributed by atoms with Gasteiger partial charge in [-0.05, 0) is 42.8 Å². The zero-order valence-corrected chi connectivity index (χ0v) is 32.7. The van der Waals surface area contributed by atoms with Crippen molar-refractivity contribution in [1.29, 1.82) is 0 Å². The zero-order valence-electron chi connectivity index (χ0n) is 31.2. The summed E-state index contributed by atoms with van der Waals surface area (Å²) in [5.74, 6) is -0.430. The second kappa shape index (κ2) is 15.3. The van der Waals surface area contributed by atoms with Gasteiger partial charge in [0.15, 0.2) is 5.58 Å². The van der Waals surface area contributed by atoms with E-state index in [-0.39, 0.29) is 23.9 Å². The molecule has 1 fully saturated rings. The average molecular weight is 823 g/mol. The number of thiophene rings is 1. The lowest BCUT2D eigenvalue weighted by Gasteiger charge is -2.33. The van der Waals surface area contributed by atoms with E-state index in [0.29, 0.717) is 49.5 Å². The van der Waals surface area contributed by atoms with E-state index in [1.54, 1.807) is 44.4 Å². The quantitative estimate of drug-likeness (QED) is 0.121. The summed E-state index contributed by atoms with van der Waals surface area (Å²) in [6, 6.07) is 13.8. The van der Waals surface area contributed by atoms with E-state index in [2.05, 4.69) is 31.9 Å². The molecular weight excluding hydrogens is 785 g/mol. The summed E-state index contributed by atoms with van der Waals surface area (Å²) in [6.45, 7) is 7.05. The number of hydrogen-bond donors (Lipinski definition) is 1. The van der Waals surface area contributed by atoms with E-state index in [1.807, 2.05) is 18.2 Å². The van der Waals surface area contributed by atoms with Gasteiger partial charge >= 0.3 is 12.1 Å². The molecule has 0 radical (unpaired) electrons. The summed E-state index contributed by atoms with van der Waals surface area (Å²) in [5.41, 5.74) is -0.0375. The van der Waals surface area contributed by atoms with E-state index >= 15 is 0 Å². The third-order valence-electron chi connectivity index (χ3n) is 10.4. The maximum Gasteiger partial charge on any atom is 0.408 e. The minimum absolute atomic E-state index is 0.0389. The Balaban J connectivity index is 1.14. The number of carboxylic acid groups (broad SMARTS) is 1. The van der Waals surface area contributed by atoms with Crippen molar-refractivity contribution in [2.45, 2.75) is 44.7 Å². The van der Waals surface area contributed by atoms with Crippen LogP contribution in [-0.4, -0.2) is 99.3 Å². The van der Waals surface area contributed by atoms with Gasteiger partial charge in [0, 0.05) is 66.1 Å². The second-order valence-electron chi connectivity index (χ2n) is 14.6. The zero-order chi connectivity index (χ0) is 40.1. The highest BCUT2D eigenvalue weighted by molar-refractivity contribution is 7.26. The number of alkyl halides is 3. The molecule has 1 N–H and O–H groups in total. The molecule has 7 aromatic rings. The first-order valence-electron chi connectivity index (χ1n) is 18.2. The molecule has 0 aliphatic carbocycles. The molecule has 4 aromatic heterocycles. The second-order valence-corrected chi connectivity index (χ2v) is 15.9. The molecule has 1 atom stereocenters. The van der Waals surface area contributed by atoms with Gasteiger partial charge in [0.25, 0.3) is 0 Å². The van der Waals surface area contributed by atoms with Gasteiger partial charge in [-0.15, -0.1) is 11.3 Å². The van der Waals surface area contributed by atoms with E-state index in [0.717, 1.165) is 52.9 Å². The number of nitrogens with zero attached hydrogens (tertiary/aromatic N) is 6. The molecule has 1 aliphatic heterocycles.